The fraction of sp³-hybridized carbons (Fsp3) is 0.500. The van der Waals surface area contributed by atoms with Gasteiger partial charge in [0.15, 0.2) is 6.61 Å². The summed E-state index contributed by atoms with van der Waals surface area (Å²) in [5, 5.41) is 2.36. The number of carbonyl (C=O) groups excluding carboxylic acids is 2. The number of ether oxygens (including phenoxy) is 2. The highest BCUT2D eigenvalue weighted by molar-refractivity contribution is 5.81. The molecule has 0 saturated carbocycles. The highest BCUT2D eigenvalue weighted by atomic mass is 19.1. The van der Waals surface area contributed by atoms with E-state index in [4.69, 9.17) is 15.9 Å². The lowest BCUT2D eigenvalue weighted by Gasteiger charge is -2.17. The van der Waals surface area contributed by atoms with Gasteiger partial charge in [-0.2, -0.15) is 0 Å². The average molecular weight is 381 g/mol. The summed E-state index contributed by atoms with van der Waals surface area (Å²) in [7, 11) is 0. The number of benzene rings is 1. The van der Waals surface area contributed by atoms with Gasteiger partial charge in [0.2, 0.25) is 0 Å². The Morgan fingerprint density at radius 3 is 2.41 bits per heavy atom. The van der Waals surface area contributed by atoms with Gasteiger partial charge >= 0.3 is 12.1 Å². The van der Waals surface area contributed by atoms with Crippen molar-refractivity contribution in [1.29, 1.82) is 0 Å². The average Bonchev–Trinajstić information content (AvgIpc) is 2.57. The first kappa shape index (κ1) is 22.4. The van der Waals surface area contributed by atoms with Crippen molar-refractivity contribution in [2.75, 3.05) is 13.2 Å². The fourth-order valence-corrected chi connectivity index (χ4v) is 2.37. The van der Waals surface area contributed by atoms with Crippen LogP contribution in [0.4, 0.5) is 13.6 Å². The lowest BCUT2D eigenvalue weighted by Crippen LogP contribution is -2.43. The van der Waals surface area contributed by atoms with Gasteiger partial charge in [0, 0.05) is 12.5 Å². The van der Waals surface area contributed by atoms with Crippen LogP contribution in [-0.4, -0.2) is 31.3 Å². The van der Waals surface area contributed by atoms with E-state index in [2.05, 4.69) is 25.1 Å². The monoisotopic (exact) mass is 381 g/mol. The summed E-state index contributed by atoms with van der Waals surface area (Å²) in [6.45, 7) is 4.14. The predicted octanol–water partition coefficient (Wildman–Crippen LogP) is 3.60. The standard InChI is InChI=1S/C20H25F2NO4/c1-4-8-26-19(24)18(12-15-10-16(21)13-17(22)11-15)23-20(25)27-9-6-5-7-14(2)3/h1,10-11,13-14,18H,5-9,12H2,2-3H3,(H,23,25)/t18-/m0/s1. The van der Waals surface area contributed by atoms with Crippen LogP contribution in [0.3, 0.4) is 0 Å². The van der Waals surface area contributed by atoms with Crippen LogP contribution in [0.25, 0.3) is 0 Å². The summed E-state index contributed by atoms with van der Waals surface area (Å²) in [6.07, 6.45) is 6.72. The minimum atomic E-state index is -1.18. The lowest BCUT2D eigenvalue weighted by molar-refractivity contribution is -0.144. The Morgan fingerprint density at radius 2 is 1.81 bits per heavy atom. The zero-order valence-corrected chi connectivity index (χ0v) is 15.6. The summed E-state index contributed by atoms with van der Waals surface area (Å²) in [6, 6.07) is 1.68. The molecule has 7 heteroatoms. The topological polar surface area (TPSA) is 64.6 Å². The molecule has 0 bridgehead atoms. The molecular formula is C20H25F2NO4. The van der Waals surface area contributed by atoms with Gasteiger partial charge in [-0.25, -0.2) is 18.4 Å². The number of halogens is 2. The van der Waals surface area contributed by atoms with Gasteiger partial charge in [-0.1, -0.05) is 26.2 Å². The van der Waals surface area contributed by atoms with Gasteiger partial charge in [-0.05, 0) is 36.5 Å². The molecule has 0 heterocycles. The Kier molecular flexibility index (Phi) is 9.88. The molecule has 0 aliphatic heterocycles. The number of unbranched alkanes of at least 4 members (excludes halogenated alkanes) is 1. The summed E-state index contributed by atoms with van der Waals surface area (Å²) >= 11 is 0. The molecule has 0 aromatic heterocycles. The molecule has 148 valence electrons. The number of carbonyl (C=O) groups is 2. The van der Waals surface area contributed by atoms with Crippen LogP contribution < -0.4 is 5.32 Å². The van der Waals surface area contributed by atoms with Crippen molar-refractivity contribution in [1.82, 2.24) is 5.32 Å². The van der Waals surface area contributed by atoms with Crippen molar-refractivity contribution in [3.63, 3.8) is 0 Å². The summed E-state index contributed by atoms with van der Waals surface area (Å²) in [4.78, 5) is 24.0. The number of hydrogen-bond donors (Lipinski definition) is 1. The smallest absolute Gasteiger partial charge is 0.407 e. The Bertz CT molecular complexity index is 650. The summed E-state index contributed by atoms with van der Waals surface area (Å²) in [5.74, 6) is 0.331. The first-order valence-electron chi connectivity index (χ1n) is 8.80. The summed E-state index contributed by atoms with van der Waals surface area (Å²) < 4.78 is 36.6. The molecule has 0 saturated heterocycles. The molecule has 5 nitrogen and oxygen atoms in total. The zero-order chi connectivity index (χ0) is 20.2. The number of alkyl carbamates (subject to hydrolysis) is 1. The van der Waals surface area contributed by atoms with Gasteiger partial charge < -0.3 is 14.8 Å². The molecule has 1 aromatic rings. The molecule has 0 unspecified atom stereocenters. The van der Waals surface area contributed by atoms with E-state index in [1.807, 2.05) is 0 Å². The van der Waals surface area contributed by atoms with Crippen molar-refractivity contribution in [3.05, 3.63) is 35.4 Å². The van der Waals surface area contributed by atoms with Gasteiger partial charge in [0.25, 0.3) is 0 Å². The van der Waals surface area contributed by atoms with Crippen molar-refractivity contribution < 1.29 is 27.8 Å². The number of terminal acetylenes is 1. The molecule has 1 amide bonds. The van der Waals surface area contributed by atoms with Crippen LogP contribution in [0.1, 0.15) is 38.7 Å². The minimum Gasteiger partial charge on any atom is -0.451 e. The van der Waals surface area contributed by atoms with Gasteiger partial charge in [-0.3, -0.25) is 0 Å². The third kappa shape index (κ3) is 9.59. The first-order valence-corrected chi connectivity index (χ1v) is 8.80. The van der Waals surface area contributed by atoms with Gasteiger partial charge in [0.1, 0.15) is 17.7 Å². The predicted molar refractivity (Wildman–Crippen MR) is 96.8 cm³/mol. The molecule has 0 spiro atoms. The maximum Gasteiger partial charge on any atom is 0.407 e. The van der Waals surface area contributed by atoms with Crippen molar-refractivity contribution in [2.24, 2.45) is 5.92 Å². The zero-order valence-electron chi connectivity index (χ0n) is 15.6. The van der Waals surface area contributed by atoms with Crippen LogP contribution in [-0.2, 0) is 20.7 Å². The molecule has 1 aromatic carbocycles. The second kappa shape index (κ2) is 11.9. The van der Waals surface area contributed by atoms with E-state index in [1.165, 1.54) is 0 Å². The second-order valence-electron chi connectivity index (χ2n) is 6.52. The van der Waals surface area contributed by atoms with Crippen LogP contribution in [0.5, 0.6) is 0 Å². The number of amides is 1. The third-order valence-corrected chi connectivity index (χ3v) is 3.65. The fourth-order valence-electron chi connectivity index (χ4n) is 2.37. The molecular weight excluding hydrogens is 356 g/mol. The normalized spacial score (nSPS) is 11.6. The van der Waals surface area contributed by atoms with E-state index in [0.717, 1.165) is 25.0 Å². The first-order chi connectivity index (χ1) is 12.8. The van der Waals surface area contributed by atoms with Gasteiger partial charge in [-0.15, -0.1) is 6.42 Å². The quantitative estimate of drug-likeness (QED) is 0.382. The molecule has 0 aliphatic carbocycles. The SMILES string of the molecule is C#CCOC(=O)[C@H](Cc1cc(F)cc(F)c1)NC(=O)OCCCCC(C)C. The molecule has 1 N–H and O–H groups in total. The van der Waals surface area contributed by atoms with Gasteiger partial charge in [0.05, 0.1) is 6.61 Å². The van der Waals surface area contributed by atoms with E-state index >= 15 is 0 Å². The Morgan fingerprint density at radius 1 is 1.15 bits per heavy atom. The maximum atomic E-state index is 13.3. The van der Waals surface area contributed by atoms with E-state index in [0.29, 0.717) is 18.4 Å². The molecule has 1 rings (SSSR count). The molecule has 0 fully saturated rings. The second-order valence-corrected chi connectivity index (χ2v) is 6.52. The van der Waals surface area contributed by atoms with Crippen molar-refractivity contribution >= 4 is 12.1 Å². The molecule has 1 atom stereocenters. The minimum absolute atomic E-state index is 0.166. The van der Waals surface area contributed by atoms with E-state index in [9.17, 15) is 18.4 Å². The number of esters is 1. The summed E-state index contributed by atoms with van der Waals surface area (Å²) in [5.41, 5.74) is 0.187. The van der Waals surface area contributed by atoms with Crippen molar-refractivity contribution in [3.8, 4) is 12.3 Å². The van der Waals surface area contributed by atoms with E-state index in [-0.39, 0.29) is 25.2 Å². The molecule has 0 aliphatic rings. The maximum absolute atomic E-state index is 13.3. The van der Waals surface area contributed by atoms with Crippen LogP contribution in [0.15, 0.2) is 18.2 Å². The number of nitrogens with one attached hydrogen (secondary N) is 1. The number of rotatable bonds is 10. The van der Waals surface area contributed by atoms with E-state index in [1.54, 1.807) is 0 Å². The highest BCUT2D eigenvalue weighted by Gasteiger charge is 2.24. The molecule has 27 heavy (non-hydrogen) atoms. The Balaban J connectivity index is 2.64. The molecule has 0 radical (unpaired) electrons. The third-order valence-electron chi connectivity index (χ3n) is 3.65. The highest BCUT2D eigenvalue weighted by Crippen LogP contribution is 2.11. The number of hydrogen-bond acceptors (Lipinski definition) is 4. The van der Waals surface area contributed by atoms with Crippen LogP contribution in [0.2, 0.25) is 0 Å². The van der Waals surface area contributed by atoms with Crippen LogP contribution in [0, 0.1) is 29.9 Å². The van der Waals surface area contributed by atoms with E-state index < -0.39 is 29.7 Å². The van der Waals surface area contributed by atoms with Crippen LogP contribution >= 0.6 is 0 Å². The lowest BCUT2D eigenvalue weighted by atomic mass is 10.1. The Hall–Kier alpha value is -2.62. The largest absolute Gasteiger partial charge is 0.451 e. The Labute approximate surface area is 158 Å². The van der Waals surface area contributed by atoms with Crippen molar-refractivity contribution in [2.45, 2.75) is 45.6 Å².